The number of anilines is 1. The second-order valence-corrected chi connectivity index (χ2v) is 6.92. The normalized spacial score (nSPS) is 18.5. The number of likely N-dealkylation sites (tertiary alicyclic amines) is 1. The maximum atomic E-state index is 3.69. The summed E-state index contributed by atoms with van der Waals surface area (Å²) in [5.41, 5.74) is 2.94. The number of piperidine rings is 1. The number of para-hydroxylation sites is 1. The molecular weight excluding hydrogens is 232 g/mol. The zero-order valence-corrected chi connectivity index (χ0v) is 12.9. The average Bonchev–Trinajstić information content (AvgIpc) is 2.37. The van der Waals surface area contributed by atoms with Crippen molar-refractivity contribution < 1.29 is 0 Å². The van der Waals surface area contributed by atoms with Crippen LogP contribution in [0.2, 0.25) is 0 Å². The van der Waals surface area contributed by atoms with Gasteiger partial charge in [-0.2, -0.15) is 0 Å². The number of hydrogen-bond donors (Lipinski definition) is 1. The predicted molar refractivity (Wildman–Crippen MR) is 83.9 cm³/mol. The van der Waals surface area contributed by atoms with Crippen molar-refractivity contribution in [3.8, 4) is 0 Å². The van der Waals surface area contributed by atoms with Crippen LogP contribution in [-0.2, 0) is 5.41 Å². The largest absolute Gasteiger partial charge is 0.385 e. The van der Waals surface area contributed by atoms with Crippen molar-refractivity contribution in [2.75, 3.05) is 32.0 Å². The molecule has 1 aromatic carbocycles. The molecule has 1 fully saturated rings. The Morgan fingerprint density at radius 1 is 1.16 bits per heavy atom. The lowest BCUT2D eigenvalue weighted by atomic mass is 9.85. The Morgan fingerprint density at radius 2 is 1.79 bits per heavy atom. The van der Waals surface area contributed by atoms with Gasteiger partial charge in [-0.3, -0.25) is 0 Å². The second kappa shape index (κ2) is 5.96. The first-order valence-corrected chi connectivity index (χ1v) is 7.49. The van der Waals surface area contributed by atoms with Crippen LogP contribution in [-0.4, -0.2) is 31.6 Å². The smallest absolute Gasteiger partial charge is 0.0378 e. The molecule has 0 aromatic heterocycles. The molecule has 2 heteroatoms. The molecule has 0 amide bonds. The SMILES string of the molecule is CN1CCC(CNc2ccccc2C(C)(C)C)CC1. The van der Waals surface area contributed by atoms with Crippen LogP contribution in [0.25, 0.3) is 0 Å². The van der Waals surface area contributed by atoms with Gasteiger partial charge in [0, 0.05) is 12.2 Å². The Bertz CT molecular complexity index is 398. The highest BCUT2D eigenvalue weighted by atomic mass is 15.1. The van der Waals surface area contributed by atoms with Gasteiger partial charge in [0.1, 0.15) is 0 Å². The zero-order chi connectivity index (χ0) is 13.9. The molecule has 1 saturated heterocycles. The molecular formula is C17H28N2. The molecule has 1 heterocycles. The molecule has 1 aliphatic heterocycles. The predicted octanol–water partition coefficient (Wildman–Crippen LogP) is 3.74. The Labute approximate surface area is 118 Å². The van der Waals surface area contributed by atoms with E-state index in [1.54, 1.807) is 0 Å². The number of benzene rings is 1. The molecule has 0 radical (unpaired) electrons. The molecule has 19 heavy (non-hydrogen) atoms. The van der Waals surface area contributed by atoms with Crippen LogP contribution >= 0.6 is 0 Å². The lowest BCUT2D eigenvalue weighted by Crippen LogP contribution is -2.33. The molecule has 0 aliphatic carbocycles. The van der Waals surface area contributed by atoms with E-state index in [1.807, 2.05) is 0 Å². The topological polar surface area (TPSA) is 15.3 Å². The summed E-state index contributed by atoms with van der Waals surface area (Å²) in [6.07, 6.45) is 2.64. The van der Waals surface area contributed by atoms with Crippen LogP contribution in [0, 0.1) is 5.92 Å². The van der Waals surface area contributed by atoms with Crippen LogP contribution in [0.1, 0.15) is 39.2 Å². The standard InChI is InChI=1S/C17H28N2/c1-17(2,3)15-7-5-6-8-16(15)18-13-14-9-11-19(4)12-10-14/h5-8,14,18H,9-13H2,1-4H3. The summed E-state index contributed by atoms with van der Waals surface area (Å²) in [4.78, 5) is 2.43. The third-order valence-corrected chi connectivity index (χ3v) is 4.15. The van der Waals surface area contributed by atoms with Crippen LogP contribution in [0.3, 0.4) is 0 Å². The summed E-state index contributed by atoms with van der Waals surface area (Å²) in [6.45, 7) is 10.4. The lowest BCUT2D eigenvalue weighted by molar-refractivity contribution is 0.226. The molecule has 0 unspecified atom stereocenters. The van der Waals surface area contributed by atoms with Crippen molar-refractivity contribution in [2.45, 2.75) is 39.0 Å². The zero-order valence-electron chi connectivity index (χ0n) is 12.9. The number of nitrogens with one attached hydrogen (secondary N) is 1. The van der Waals surface area contributed by atoms with Crippen molar-refractivity contribution >= 4 is 5.69 Å². The Kier molecular flexibility index (Phi) is 4.51. The van der Waals surface area contributed by atoms with Gasteiger partial charge < -0.3 is 10.2 Å². The van der Waals surface area contributed by atoms with E-state index in [1.165, 1.54) is 37.2 Å². The highest BCUT2D eigenvalue weighted by molar-refractivity contribution is 5.54. The van der Waals surface area contributed by atoms with Crippen LogP contribution in [0.5, 0.6) is 0 Å². The van der Waals surface area contributed by atoms with E-state index in [4.69, 9.17) is 0 Å². The lowest BCUT2D eigenvalue weighted by Gasteiger charge is -2.30. The third kappa shape index (κ3) is 3.97. The van der Waals surface area contributed by atoms with E-state index in [9.17, 15) is 0 Å². The summed E-state index contributed by atoms with van der Waals surface area (Å²) < 4.78 is 0. The van der Waals surface area contributed by atoms with Crippen molar-refractivity contribution in [1.29, 1.82) is 0 Å². The monoisotopic (exact) mass is 260 g/mol. The first-order valence-electron chi connectivity index (χ1n) is 7.49. The molecule has 1 aromatic rings. The Balaban J connectivity index is 1.96. The van der Waals surface area contributed by atoms with Gasteiger partial charge in [0.15, 0.2) is 0 Å². The summed E-state index contributed by atoms with van der Waals surface area (Å²) in [6, 6.07) is 8.74. The molecule has 1 aliphatic rings. The number of nitrogens with zero attached hydrogens (tertiary/aromatic N) is 1. The van der Waals surface area contributed by atoms with E-state index in [-0.39, 0.29) is 5.41 Å². The Morgan fingerprint density at radius 3 is 2.42 bits per heavy atom. The van der Waals surface area contributed by atoms with Crippen LogP contribution < -0.4 is 5.32 Å². The summed E-state index contributed by atoms with van der Waals surface area (Å²) >= 11 is 0. The average molecular weight is 260 g/mol. The van der Waals surface area contributed by atoms with Crippen LogP contribution in [0.4, 0.5) is 5.69 Å². The number of rotatable bonds is 3. The quantitative estimate of drug-likeness (QED) is 0.890. The second-order valence-electron chi connectivity index (χ2n) is 6.92. The molecule has 0 spiro atoms. The molecule has 106 valence electrons. The van der Waals surface area contributed by atoms with Gasteiger partial charge in [0.2, 0.25) is 0 Å². The first-order chi connectivity index (χ1) is 8.97. The molecule has 0 atom stereocenters. The minimum absolute atomic E-state index is 0.205. The summed E-state index contributed by atoms with van der Waals surface area (Å²) in [5.74, 6) is 0.823. The molecule has 2 nitrogen and oxygen atoms in total. The van der Waals surface area contributed by atoms with E-state index >= 15 is 0 Å². The van der Waals surface area contributed by atoms with Gasteiger partial charge >= 0.3 is 0 Å². The fraction of sp³-hybridized carbons (Fsp3) is 0.647. The summed E-state index contributed by atoms with van der Waals surface area (Å²) in [5, 5.41) is 3.69. The van der Waals surface area contributed by atoms with Crippen molar-refractivity contribution in [3.63, 3.8) is 0 Å². The number of hydrogen-bond acceptors (Lipinski definition) is 2. The molecule has 0 bridgehead atoms. The van der Waals surface area contributed by atoms with Crippen molar-refractivity contribution in [1.82, 2.24) is 4.90 Å². The highest BCUT2D eigenvalue weighted by Gasteiger charge is 2.19. The molecule has 1 N–H and O–H groups in total. The van der Waals surface area contributed by atoms with Crippen molar-refractivity contribution in [2.24, 2.45) is 5.92 Å². The highest BCUT2D eigenvalue weighted by Crippen LogP contribution is 2.29. The fourth-order valence-electron chi connectivity index (χ4n) is 2.81. The van der Waals surface area contributed by atoms with Gasteiger partial charge in [0.05, 0.1) is 0 Å². The fourth-order valence-corrected chi connectivity index (χ4v) is 2.81. The minimum Gasteiger partial charge on any atom is -0.385 e. The summed E-state index contributed by atoms with van der Waals surface area (Å²) in [7, 11) is 2.22. The van der Waals surface area contributed by atoms with Crippen LogP contribution in [0.15, 0.2) is 24.3 Å². The van der Waals surface area contributed by atoms with Gasteiger partial charge in [-0.15, -0.1) is 0 Å². The molecule has 0 saturated carbocycles. The third-order valence-electron chi connectivity index (χ3n) is 4.15. The van der Waals surface area contributed by atoms with Crippen molar-refractivity contribution in [3.05, 3.63) is 29.8 Å². The van der Waals surface area contributed by atoms with E-state index in [2.05, 4.69) is 62.3 Å². The van der Waals surface area contributed by atoms with Gasteiger partial charge in [-0.1, -0.05) is 39.0 Å². The Hall–Kier alpha value is -1.02. The minimum atomic E-state index is 0.205. The van der Waals surface area contributed by atoms with E-state index in [0.717, 1.165) is 12.5 Å². The van der Waals surface area contributed by atoms with E-state index in [0.29, 0.717) is 0 Å². The first kappa shape index (κ1) is 14.4. The van der Waals surface area contributed by atoms with Gasteiger partial charge in [-0.25, -0.2) is 0 Å². The van der Waals surface area contributed by atoms with Gasteiger partial charge in [-0.05, 0) is 55.9 Å². The maximum Gasteiger partial charge on any atom is 0.0378 e. The van der Waals surface area contributed by atoms with E-state index < -0.39 is 0 Å². The molecule has 2 rings (SSSR count). The maximum absolute atomic E-state index is 3.69. The van der Waals surface area contributed by atoms with Gasteiger partial charge in [0.25, 0.3) is 0 Å².